The van der Waals surface area contributed by atoms with Crippen molar-refractivity contribution in [3.63, 3.8) is 0 Å². The number of fused-ring (bicyclic) bond motifs is 1. The molecule has 0 bridgehead atoms. The molecule has 2 amide bonds. The SMILES string of the molecule is Cc1ccc(OCc2nc3ccc(Oc4ccc(N)cc4)cc3n2C)cc1.O=C1CSC(=O)N1. The number of imidazole rings is 1. The molecule has 3 N–H and O–H groups in total. The number of nitrogens with two attached hydrogens (primary N) is 1. The first-order valence-electron chi connectivity index (χ1n) is 10.5. The number of rotatable bonds is 5. The van der Waals surface area contributed by atoms with Crippen LogP contribution in [0.2, 0.25) is 0 Å². The van der Waals surface area contributed by atoms with E-state index in [0.717, 1.165) is 45.9 Å². The van der Waals surface area contributed by atoms with Crippen LogP contribution >= 0.6 is 11.8 Å². The predicted octanol–water partition coefficient (Wildman–Crippen LogP) is 4.80. The smallest absolute Gasteiger partial charge is 0.286 e. The average Bonchev–Trinajstić information content (AvgIpc) is 3.36. The van der Waals surface area contributed by atoms with E-state index in [1.54, 1.807) is 0 Å². The van der Waals surface area contributed by atoms with Crippen LogP contribution in [0.15, 0.2) is 66.7 Å². The third-order valence-electron chi connectivity index (χ3n) is 5.03. The summed E-state index contributed by atoms with van der Waals surface area (Å²) in [6.45, 7) is 2.46. The van der Waals surface area contributed by atoms with Crippen molar-refractivity contribution < 1.29 is 19.1 Å². The number of nitrogens with zero attached hydrogens (tertiary/aromatic N) is 2. The first kappa shape index (κ1) is 23.2. The monoisotopic (exact) mass is 476 g/mol. The van der Waals surface area contributed by atoms with Crippen molar-refractivity contribution >= 4 is 39.6 Å². The van der Waals surface area contributed by atoms with Gasteiger partial charge in [-0.25, -0.2) is 4.98 Å². The molecule has 5 rings (SSSR count). The number of thioether (sulfide) groups is 1. The Morgan fingerprint density at radius 3 is 2.29 bits per heavy atom. The van der Waals surface area contributed by atoms with Gasteiger partial charge in [-0.05, 0) is 55.5 Å². The second-order valence-corrected chi connectivity index (χ2v) is 8.58. The molecular formula is C25H24N4O4S. The molecule has 1 fully saturated rings. The number of imide groups is 1. The minimum Gasteiger partial charge on any atom is -0.486 e. The lowest BCUT2D eigenvalue weighted by molar-refractivity contribution is -0.117. The van der Waals surface area contributed by atoms with Crippen LogP contribution in [0.3, 0.4) is 0 Å². The number of anilines is 1. The molecule has 34 heavy (non-hydrogen) atoms. The zero-order valence-corrected chi connectivity index (χ0v) is 19.6. The van der Waals surface area contributed by atoms with Gasteiger partial charge in [0.15, 0.2) is 0 Å². The number of carbonyl (C=O) groups excluding carboxylic acids is 2. The van der Waals surface area contributed by atoms with E-state index >= 15 is 0 Å². The lowest BCUT2D eigenvalue weighted by Gasteiger charge is -2.07. The van der Waals surface area contributed by atoms with E-state index < -0.39 is 0 Å². The Hall–Kier alpha value is -3.98. The van der Waals surface area contributed by atoms with Crippen LogP contribution in [0.25, 0.3) is 11.0 Å². The maximum Gasteiger partial charge on any atom is 0.286 e. The Kier molecular flexibility index (Phi) is 7.03. The van der Waals surface area contributed by atoms with Gasteiger partial charge in [-0.2, -0.15) is 0 Å². The van der Waals surface area contributed by atoms with E-state index in [9.17, 15) is 9.59 Å². The summed E-state index contributed by atoms with van der Waals surface area (Å²) in [4.78, 5) is 24.9. The van der Waals surface area contributed by atoms with Crippen molar-refractivity contribution in [2.75, 3.05) is 11.5 Å². The van der Waals surface area contributed by atoms with Crippen molar-refractivity contribution in [1.29, 1.82) is 0 Å². The minimum atomic E-state index is -0.231. The molecule has 9 heteroatoms. The molecule has 4 aromatic rings. The van der Waals surface area contributed by atoms with Gasteiger partial charge in [-0.3, -0.25) is 14.9 Å². The fourth-order valence-electron chi connectivity index (χ4n) is 3.18. The molecule has 1 aliphatic heterocycles. The number of aryl methyl sites for hydroxylation is 2. The van der Waals surface area contributed by atoms with Gasteiger partial charge >= 0.3 is 0 Å². The number of amides is 2. The largest absolute Gasteiger partial charge is 0.486 e. The summed E-state index contributed by atoms with van der Waals surface area (Å²) in [5.41, 5.74) is 9.53. The molecular weight excluding hydrogens is 452 g/mol. The number of nitrogens with one attached hydrogen (secondary N) is 1. The molecule has 0 unspecified atom stereocenters. The summed E-state index contributed by atoms with van der Waals surface area (Å²) in [6, 6.07) is 21.2. The van der Waals surface area contributed by atoms with Crippen molar-refractivity contribution in [3.8, 4) is 17.2 Å². The highest BCUT2D eigenvalue weighted by Gasteiger charge is 2.16. The van der Waals surface area contributed by atoms with Gasteiger partial charge in [-0.15, -0.1) is 0 Å². The molecule has 8 nitrogen and oxygen atoms in total. The van der Waals surface area contributed by atoms with Gasteiger partial charge in [0.2, 0.25) is 5.91 Å². The molecule has 3 aromatic carbocycles. The highest BCUT2D eigenvalue weighted by molar-refractivity contribution is 8.14. The van der Waals surface area contributed by atoms with E-state index in [4.69, 9.17) is 15.2 Å². The topological polar surface area (TPSA) is 108 Å². The standard InChI is InChI=1S/C22H21N3O2.C3H3NO2S/c1-15-3-7-17(8-4-15)26-14-22-24-20-12-11-19(13-21(20)25(22)2)27-18-9-5-16(23)6-10-18;5-2-1-7-3(6)4-2/h3-13H,14,23H2,1-2H3;1H2,(H,4,5,6). The van der Waals surface area contributed by atoms with E-state index in [1.165, 1.54) is 5.56 Å². The van der Waals surface area contributed by atoms with Crippen molar-refractivity contribution in [2.24, 2.45) is 7.05 Å². The van der Waals surface area contributed by atoms with Crippen LogP contribution in [0.4, 0.5) is 10.5 Å². The Labute approximate surface area is 201 Å². The van der Waals surface area contributed by atoms with Crippen LogP contribution in [-0.4, -0.2) is 26.5 Å². The van der Waals surface area contributed by atoms with E-state index in [0.29, 0.717) is 18.0 Å². The fourth-order valence-corrected chi connectivity index (χ4v) is 3.70. The third-order valence-corrected chi connectivity index (χ3v) is 5.80. The Morgan fingerprint density at radius 1 is 1.00 bits per heavy atom. The predicted molar refractivity (Wildman–Crippen MR) is 133 cm³/mol. The van der Waals surface area contributed by atoms with E-state index in [2.05, 4.69) is 17.2 Å². The van der Waals surface area contributed by atoms with Crippen LogP contribution in [-0.2, 0) is 18.4 Å². The summed E-state index contributed by atoms with van der Waals surface area (Å²) < 4.78 is 13.8. The molecule has 1 aromatic heterocycles. The molecule has 174 valence electrons. The summed E-state index contributed by atoms with van der Waals surface area (Å²) in [5, 5.41) is 1.87. The van der Waals surface area contributed by atoms with E-state index in [-0.39, 0.29) is 11.1 Å². The van der Waals surface area contributed by atoms with E-state index in [1.807, 2.05) is 78.3 Å². The molecule has 1 saturated heterocycles. The van der Waals surface area contributed by atoms with Crippen LogP contribution < -0.4 is 20.5 Å². The molecule has 0 atom stereocenters. The van der Waals surface area contributed by atoms with Crippen LogP contribution in [0.5, 0.6) is 17.2 Å². The molecule has 0 spiro atoms. The first-order valence-corrected chi connectivity index (χ1v) is 11.5. The van der Waals surface area contributed by atoms with Gasteiger partial charge in [0.05, 0.1) is 16.8 Å². The lowest BCUT2D eigenvalue weighted by Crippen LogP contribution is -2.18. The third kappa shape index (κ3) is 5.87. The summed E-state index contributed by atoms with van der Waals surface area (Å²) in [7, 11) is 1.98. The minimum absolute atomic E-state index is 0.185. The fraction of sp³-hybridized carbons (Fsp3) is 0.160. The first-order chi connectivity index (χ1) is 16.4. The Bertz CT molecular complexity index is 1300. The zero-order valence-electron chi connectivity index (χ0n) is 18.8. The van der Waals surface area contributed by atoms with Crippen molar-refractivity contribution in [1.82, 2.24) is 14.9 Å². The highest BCUT2D eigenvalue weighted by atomic mass is 32.2. The van der Waals surface area contributed by atoms with Crippen molar-refractivity contribution in [3.05, 3.63) is 78.1 Å². The molecule has 0 saturated carbocycles. The maximum atomic E-state index is 10.1. The second-order valence-electron chi connectivity index (χ2n) is 7.63. The van der Waals surface area contributed by atoms with Gasteiger partial charge in [0.25, 0.3) is 5.24 Å². The van der Waals surface area contributed by atoms with Gasteiger partial charge < -0.3 is 19.8 Å². The Balaban J connectivity index is 0.000000336. The highest BCUT2D eigenvalue weighted by Crippen LogP contribution is 2.27. The van der Waals surface area contributed by atoms with Gasteiger partial charge in [0.1, 0.15) is 29.7 Å². The van der Waals surface area contributed by atoms with Gasteiger partial charge in [0, 0.05) is 18.8 Å². The lowest BCUT2D eigenvalue weighted by atomic mass is 10.2. The zero-order chi connectivity index (χ0) is 24.1. The number of nitrogen functional groups attached to an aromatic ring is 1. The second kappa shape index (κ2) is 10.3. The number of hydrogen-bond acceptors (Lipinski definition) is 7. The molecule has 1 aliphatic rings. The van der Waals surface area contributed by atoms with Gasteiger partial charge in [-0.1, -0.05) is 29.5 Å². The molecule has 2 heterocycles. The number of ether oxygens (including phenoxy) is 2. The normalized spacial score (nSPS) is 12.8. The van der Waals surface area contributed by atoms with Crippen LogP contribution in [0.1, 0.15) is 11.4 Å². The number of hydrogen-bond donors (Lipinski definition) is 2. The number of aromatic nitrogens is 2. The number of benzene rings is 3. The van der Waals surface area contributed by atoms with Crippen LogP contribution in [0, 0.1) is 6.92 Å². The summed E-state index contributed by atoms with van der Waals surface area (Å²) in [6.07, 6.45) is 0. The van der Waals surface area contributed by atoms with Crippen molar-refractivity contribution in [2.45, 2.75) is 13.5 Å². The average molecular weight is 477 g/mol. The Morgan fingerprint density at radius 2 is 1.68 bits per heavy atom. The molecule has 0 radical (unpaired) electrons. The summed E-state index contributed by atoms with van der Waals surface area (Å²) >= 11 is 1.01. The maximum absolute atomic E-state index is 10.1. The quantitative estimate of drug-likeness (QED) is 0.398. The summed E-state index contributed by atoms with van der Waals surface area (Å²) in [5.74, 6) is 3.29. The number of carbonyl (C=O) groups is 2. The molecule has 0 aliphatic carbocycles.